The first-order valence-electron chi connectivity index (χ1n) is 7.80. The lowest BCUT2D eigenvalue weighted by Crippen LogP contribution is -2.15. The van der Waals surface area contributed by atoms with Crippen LogP contribution in [0.4, 0.5) is 0 Å². The molecule has 0 aliphatic heterocycles. The second kappa shape index (κ2) is 9.31. The average molecular weight is 360 g/mol. The Hall–Kier alpha value is -3.22. The molecule has 7 heteroatoms. The van der Waals surface area contributed by atoms with Crippen molar-refractivity contribution < 1.29 is 33.3 Å². The van der Waals surface area contributed by atoms with Gasteiger partial charge in [-0.3, -0.25) is 0 Å². The molecule has 0 aliphatic carbocycles. The van der Waals surface area contributed by atoms with Gasteiger partial charge >= 0.3 is 11.9 Å². The molecule has 0 atom stereocenters. The number of esters is 2. The van der Waals surface area contributed by atoms with Crippen LogP contribution in [-0.2, 0) is 9.47 Å². The SMILES string of the molecule is COc1ccc(C(=O)OCCOC(=O)c2ccccc2)c(OC)c1OC. The maximum absolute atomic E-state index is 12.3. The van der Waals surface area contributed by atoms with Gasteiger partial charge in [-0.05, 0) is 24.3 Å². The Labute approximate surface area is 151 Å². The number of hydrogen-bond donors (Lipinski definition) is 0. The summed E-state index contributed by atoms with van der Waals surface area (Å²) in [5, 5.41) is 0. The van der Waals surface area contributed by atoms with Crippen LogP contribution in [0.25, 0.3) is 0 Å². The number of benzene rings is 2. The van der Waals surface area contributed by atoms with Gasteiger partial charge < -0.3 is 23.7 Å². The average Bonchev–Trinajstić information content (AvgIpc) is 2.70. The van der Waals surface area contributed by atoms with Crippen molar-refractivity contribution in [3.8, 4) is 17.2 Å². The van der Waals surface area contributed by atoms with E-state index in [0.29, 0.717) is 17.1 Å². The molecule has 26 heavy (non-hydrogen) atoms. The van der Waals surface area contributed by atoms with Gasteiger partial charge in [0.1, 0.15) is 18.8 Å². The number of rotatable bonds is 8. The molecule has 0 fully saturated rings. The minimum Gasteiger partial charge on any atom is -0.493 e. The molecule has 0 aromatic heterocycles. The van der Waals surface area contributed by atoms with Crippen molar-refractivity contribution in [3.05, 3.63) is 53.6 Å². The number of hydrogen-bond acceptors (Lipinski definition) is 7. The summed E-state index contributed by atoms with van der Waals surface area (Å²) in [4.78, 5) is 24.1. The number of carbonyl (C=O) groups is 2. The summed E-state index contributed by atoms with van der Waals surface area (Å²) in [5.74, 6) is -0.181. The predicted molar refractivity (Wildman–Crippen MR) is 93.1 cm³/mol. The van der Waals surface area contributed by atoms with Crippen LogP contribution in [0.15, 0.2) is 42.5 Å². The summed E-state index contributed by atoms with van der Waals surface area (Å²) in [6.07, 6.45) is 0. The maximum Gasteiger partial charge on any atom is 0.342 e. The van der Waals surface area contributed by atoms with E-state index >= 15 is 0 Å². The van der Waals surface area contributed by atoms with E-state index in [2.05, 4.69) is 0 Å². The van der Waals surface area contributed by atoms with Gasteiger partial charge in [0.25, 0.3) is 0 Å². The lowest BCUT2D eigenvalue weighted by Gasteiger charge is -2.15. The maximum atomic E-state index is 12.3. The van der Waals surface area contributed by atoms with E-state index < -0.39 is 11.9 Å². The summed E-state index contributed by atoms with van der Waals surface area (Å²) >= 11 is 0. The second-order valence-electron chi connectivity index (χ2n) is 5.02. The fraction of sp³-hybridized carbons (Fsp3) is 0.263. The number of ether oxygens (including phenoxy) is 5. The normalized spacial score (nSPS) is 9.96. The van der Waals surface area contributed by atoms with Crippen LogP contribution in [0.3, 0.4) is 0 Å². The predicted octanol–water partition coefficient (Wildman–Crippen LogP) is 2.73. The molecule has 0 heterocycles. The smallest absolute Gasteiger partial charge is 0.342 e. The molecule has 7 nitrogen and oxygen atoms in total. The van der Waals surface area contributed by atoms with Crippen LogP contribution < -0.4 is 14.2 Å². The zero-order valence-electron chi connectivity index (χ0n) is 14.8. The molecule has 0 bridgehead atoms. The van der Waals surface area contributed by atoms with Gasteiger partial charge in [0, 0.05) is 0 Å². The number of methoxy groups -OCH3 is 3. The van der Waals surface area contributed by atoms with Crippen molar-refractivity contribution in [3.63, 3.8) is 0 Å². The zero-order valence-corrected chi connectivity index (χ0v) is 14.8. The topological polar surface area (TPSA) is 80.3 Å². The highest BCUT2D eigenvalue weighted by Crippen LogP contribution is 2.39. The van der Waals surface area contributed by atoms with Gasteiger partial charge in [-0.2, -0.15) is 0 Å². The van der Waals surface area contributed by atoms with Crippen LogP contribution in [0.5, 0.6) is 17.2 Å². The van der Waals surface area contributed by atoms with Crippen molar-refractivity contribution >= 4 is 11.9 Å². The fourth-order valence-corrected chi connectivity index (χ4v) is 2.27. The Balaban J connectivity index is 1.95. The molecule has 2 aromatic rings. The van der Waals surface area contributed by atoms with Crippen molar-refractivity contribution in [1.82, 2.24) is 0 Å². The molecule has 2 rings (SSSR count). The fourth-order valence-electron chi connectivity index (χ4n) is 2.27. The Morgan fingerprint density at radius 1 is 0.731 bits per heavy atom. The van der Waals surface area contributed by atoms with Crippen molar-refractivity contribution in [1.29, 1.82) is 0 Å². The summed E-state index contributed by atoms with van der Waals surface area (Å²) < 4.78 is 25.8. The highest BCUT2D eigenvalue weighted by atomic mass is 16.6. The largest absolute Gasteiger partial charge is 0.493 e. The highest BCUT2D eigenvalue weighted by Gasteiger charge is 2.21. The Morgan fingerprint density at radius 3 is 1.92 bits per heavy atom. The highest BCUT2D eigenvalue weighted by molar-refractivity contribution is 5.94. The van der Waals surface area contributed by atoms with Crippen LogP contribution in [-0.4, -0.2) is 46.5 Å². The van der Waals surface area contributed by atoms with E-state index in [1.165, 1.54) is 27.4 Å². The van der Waals surface area contributed by atoms with E-state index in [0.717, 1.165) is 0 Å². The molecular weight excluding hydrogens is 340 g/mol. The Bertz CT molecular complexity index is 756. The zero-order chi connectivity index (χ0) is 18.9. The van der Waals surface area contributed by atoms with Gasteiger partial charge in [-0.15, -0.1) is 0 Å². The van der Waals surface area contributed by atoms with E-state index in [-0.39, 0.29) is 24.5 Å². The van der Waals surface area contributed by atoms with Crippen molar-refractivity contribution in [2.24, 2.45) is 0 Å². The van der Waals surface area contributed by atoms with Gasteiger partial charge in [0.05, 0.1) is 26.9 Å². The standard InChI is InChI=1S/C19H20O7/c1-22-15-10-9-14(16(23-2)17(15)24-3)19(21)26-12-11-25-18(20)13-7-5-4-6-8-13/h4-10H,11-12H2,1-3H3. The van der Waals surface area contributed by atoms with Gasteiger partial charge in [0.15, 0.2) is 11.5 Å². The third-order valence-corrected chi connectivity index (χ3v) is 3.48. The lowest BCUT2D eigenvalue weighted by atomic mass is 10.1. The molecule has 2 aromatic carbocycles. The van der Waals surface area contributed by atoms with Gasteiger partial charge in [-0.25, -0.2) is 9.59 Å². The monoisotopic (exact) mass is 360 g/mol. The van der Waals surface area contributed by atoms with Crippen molar-refractivity contribution in [2.75, 3.05) is 34.5 Å². The van der Waals surface area contributed by atoms with Crippen molar-refractivity contribution in [2.45, 2.75) is 0 Å². The third kappa shape index (κ3) is 4.44. The Morgan fingerprint density at radius 2 is 1.35 bits per heavy atom. The summed E-state index contributed by atoms with van der Waals surface area (Å²) in [6.45, 7) is -0.149. The van der Waals surface area contributed by atoms with Gasteiger partial charge in [-0.1, -0.05) is 18.2 Å². The molecule has 0 amide bonds. The van der Waals surface area contributed by atoms with E-state index in [9.17, 15) is 9.59 Å². The second-order valence-corrected chi connectivity index (χ2v) is 5.02. The van der Waals surface area contributed by atoms with E-state index in [1.54, 1.807) is 36.4 Å². The van der Waals surface area contributed by atoms with Gasteiger partial charge in [0.2, 0.25) is 5.75 Å². The molecular formula is C19H20O7. The molecule has 138 valence electrons. The molecule has 0 saturated heterocycles. The lowest BCUT2D eigenvalue weighted by molar-refractivity contribution is 0.0263. The molecule has 0 N–H and O–H groups in total. The first kappa shape index (κ1) is 19.1. The van der Waals surface area contributed by atoms with E-state index in [4.69, 9.17) is 23.7 Å². The third-order valence-electron chi connectivity index (χ3n) is 3.48. The number of carbonyl (C=O) groups excluding carboxylic acids is 2. The molecule has 0 aliphatic rings. The summed E-state index contributed by atoms with van der Waals surface area (Å²) in [6, 6.07) is 11.6. The molecule has 0 radical (unpaired) electrons. The van der Waals surface area contributed by atoms with Crippen LogP contribution >= 0.6 is 0 Å². The molecule has 0 unspecified atom stereocenters. The minimum absolute atomic E-state index is 0.0604. The van der Waals surface area contributed by atoms with Crippen LogP contribution in [0, 0.1) is 0 Å². The summed E-state index contributed by atoms with van der Waals surface area (Å²) in [7, 11) is 4.34. The first-order chi connectivity index (χ1) is 12.6. The molecule has 0 spiro atoms. The Kier molecular flexibility index (Phi) is 6.84. The quantitative estimate of drug-likeness (QED) is 0.529. The minimum atomic E-state index is -0.626. The van der Waals surface area contributed by atoms with Crippen LogP contribution in [0.2, 0.25) is 0 Å². The van der Waals surface area contributed by atoms with Crippen LogP contribution in [0.1, 0.15) is 20.7 Å². The summed E-state index contributed by atoms with van der Waals surface area (Å²) in [5.41, 5.74) is 0.611. The first-order valence-corrected chi connectivity index (χ1v) is 7.80. The molecule has 0 saturated carbocycles. The van der Waals surface area contributed by atoms with E-state index in [1.807, 2.05) is 0 Å².